The molecule has 0 N–H and O–H groups in total. The molecular weight excluding hydrogens is 150 g/mol. The normalized spacial score (nSPS) is 14.1. The van der Waals surface area contributed by atoms with Crippen LogP contribution < -0.4 is 0 Å². The minimum Gasteiger partial charge on any atom is -0.294 e. The van der Waals surface area contributed by atoms with Crippen molar-refractivity contribution in [2.24, 2.45) is 0 Å². The van der Waals surface area contributed by atoms with Gasteiger partial charge in [-0.05, 0) is 18.1 Å². The summed E-state index contributed by atoms with van der Waals surface area (Å²) in [7, 11) is 0. The first-order chi connectivity index (χ1) is 5.83. The lowest BCUT2D eigenvalue weighted by molar-refractivity contribution is 0.0994. The lowest BCUT2D eigenvalue weighted by Gasteiger charge is -1.97. The van der Waals surface area contributed by atoms with Gasteiger partial charge in [0.25, 0.3) is 0 Å². The fraction of sp³-hybridized carbons (Fsp3) is 0.200. The van der Waals surface area contributed by atoms with Gasteiger partial charge in [0.2, 0.25) is 0 Å². The summed E-state index contributed by atoms with van der Waals surface area (Å²) >= 11 is 0. The van der Waals surface area contributed by atoms with E-state index in [0.717, 1.165) is 12.0 Å². The summed E-state index contributed by atoms with van der Waals surface area (Å²) in [5.41, 5.74) is 2.20. The summed E-state index contributed by atoms with van der Waals surface area (Å²) < 4.78 is 0. The molecule has 0 aliphatic heterocycles. The van der Waals surface area contributed by atoms with Crippen molar-refractivity contribution in [2.45, 2.75) is 12.8 Å². The molecule has 0 aromatic heterocycles. The van der Waals surface area contributed by atoms with E-state index < -0.39 is 0 Å². The second-order valence-corrected chi connectivity index (χ2v) is 2.87. The molecule has 0 saturated carbocycles. The van der Waals surface area contributed by atoms with Gasteiger partial charge in [-0.15, -0.1) is 0 Å². The summed E-state index contributed by atoms with van der Waals surface area (Å²) in [6, 6.07) is 7.48. The van der Waals surface area contributed by atoms with Crippen molar-refractivity contribution in [3.63, 3.8) is 0 Å². The minimum atomic E-state index is 0.113. The SMILES string of the molecule is N#Cc1cccc2c1C(=O)CC2. The molecule has 0 heterocycles. The molecule has 2 heteroatoms. The van der Waals surface area contributed by atoms with Gasteiger partial charge >= 0.3 is 0 Å². The lowest BCUT2D eigenvalue weighted by atomic mass is 10.0. The smallest absolute Gasteiger partial charge is 0.164 e. The van der Waals surface area contributed by atoms with Crippen molar-refractivity contribution < 1.29 is 4.79 Å². The molecule has 0 bridgehead atoms. The van der Waals surface area contributed by atoms with Crippen molar-refractivity contribution in [3.8, 4) is 6.07 Å². The lowest BCUT2D eigenvalue weighted by Crippen LogP contribution is -1.95. The molecule has 0 amide bonds. The van der Waals surface area contributed by atoms with Crippen molar-refractivity contribution in [2.75, 3.05) is 0 Å². The highest BCUT2D eigenvalue weighted by Gasteiger charge is 2.21. The van der Waals surface area contributed by atoms with Crippen LogP contribution in [-0.2, 0) is 6.42 Å². The van der Waals surface area contributed by atoms with Crippen molar-refractivity contribution >= 4 is 5.78 Å². The van der Waals surface area contributed by atoms with E-state index in [2.05, 4.69) is 0 Å². The van der Waals surface area contributed by atoms with Gasteiger partial charge < -0.3 is 0 Å². The monoisotopic (exact) mass is 157 g/mol. The summed E-state index contributed by atoms with van der Waals surface area (Å²) in [6.45, 7) is 0. The average Bonchev–Trinajstić information content (AvgIpc) is 2.48. The molecule has 0 atom stereocenters. The Morgan fingerprint density at radius 1 is 1.33 bits per heavy atom. The van der Waals surface area contributed by atoms with Crippen molar-refractivity contribution in [1.29, 1.82) is 5.26 Å². The molecule has 58 valence electrons. The zero-order valence-electron chi connectivity index (χ0n) is 6.50. The largest absolute Gasteiger partial charge is 0.294 e. The molecule has 0 fully saturated rings. The first-order valence-corrected chi connectivity index (χ1v) is 3.88. The van der Waals surface area contributed by atoms with Crippen LogP contribution in [0.3, 0.4) is 0 Å². The summed E-state index contributed by atoms with van der Waals surface area (Å²) in [6.07, 6.45) is 1.36. The second-order valence-electron chi connectivity index (χ2n) is 2.87. The Labute approximate surface area is 70.4 Å². The van der Waals surface area contributed by atoms with E-state index in [-0.39, 0.29) is 5.78 Å². The third-order valence-electron chi connectivity index (χ3n) is 2.17. The Morgan fingerprint density at radius 3 is 2.92 bits per heavy atom. The fourth-order valence-corrected chi connectivity index (χ4v) is 1.60. The third-order valence-corrected chi connectivity index (χ3v) is 2.17. The van der Waals surface area contributed by atoms with Gasteiger partial charge in [0, 0.05) is 12.0 Å². The predicted octanol–water partition coefficient (Wildman–Crippen LogP) is 1.69. The number of benzene rings is 1. The van der Waals surface area contributed by atoms with E-state index in [4.69, 9.17) is 5.26 Å². The topological polar surface area (TPSA) is 40.9 Å². The zero-order chi connectivity index (χ0) is 8.55. The molecule has 0 radical (unpaired) electrons. The Hall–Kier alpha value is -1.62. The zero-order valence-corrected chi connectivity index (χ0v) is 6.50. The molecule has 0 saturated heterocycles. The van der Waals surface area contributed by atoms with Gasteiger partial charge in [0.05, 0.1) is 11.6 Å². The van der Waals surface area contributed by atoms with Crippen LogP contribution >= 0.6 is 0 Å². The van der Waals surface area contributed by atoms with Crippen molar-refractivity contribution in [3.05, 3.63) is 34.9 Å². The molecule has 1 aliphatic rings. The van der Waals surface area contributed by atoms with Gasteiger partial charge in [0.1, 0.15) is 0 Å². The Morgan fingerprint density at radius 2 is 2.17 bits per heavy atom. The van der Waals surface area contributed by atoms with Crippen LogP contribution in [0.1, 0.15) is 27.9 Å². The number of hydrogen-bond acceptors (Lipinski definition) is 2. The minimum absolute atomic E-state index is 0.113. The first-order valence-electron chi connectivity index (χ1n) is 3.88. The van der Waals surface area contributed by atoms with Crippen molar-refractivity contribution in [1.82, 2.24) is 0 Å². The highest BCUT2D eigenvalue weighted by molar-refractivity contribution is 6.02. The first kappa shape index (κ1) is 7.05. The van der Waals surface area contributed by atoms with Crippen LogP contribution in [0, 0.1) is 11.3 Å². The number of carbonyl (C=O) groups excluding carboxylic acids is 1. The number of fused-ring (bicyclic) bond motifs is 1. The van der Waals surface area contributed by atoms with Crippen LogP contribution in [0.25, 0.3) is 0 Å². The van der Waals surface area contributed by atoms with Crippen LogP contribution in [0.2, 0.25) is 0 Å². The van der Waals surface area contributed by atoms with E-state index >= 15 is 0 Å². The van der Waals surface area contributed by atoms with Gasteiger partial charge in [-0.25, -0.2) is 0 Å². The molecule has 0 unspecified atom stereocenters. The van der Waals surface area contributed by atoms with Crippen LogP contribution in [-0.4, -0.2) is 5.78 Å². The van der Waals surface area contributed by atoms with E-state index in [1.807, 2.05) is 18.2 Å². The number of aryl methyl sites for hydroxylation is 1. The number of carbonyl (C=O) groups is 1. The molecule has 2 nitrogen and oxygen atoms in total. The van der Waals surface area contributed by atoms with E-state index in [1.54, 1.807) is 6.07 Å². The third kappa shape index (κ3) is 0.835. The Bertz CT molecular complexity index is 387. The molecule has 12 heavy (non-hydrogen) atoms. The Balaban J connectivity index is 2.70. The molecule has 1 aromatic rings. The number of ketones is 1. The summed E-state index contributed by atoms with van der Waals surface area (Å²) in [5, 5.41) is 8.72. The molecule has 0 spiro atoms. The maximum absolute atomic E-state index is 11.3. The van der Waals surface area contributed by atoms with Gasteiger partial charge in [-0.1, -0.05) is 12.1 Å². The maximum Gasteiger partial charge on any atom is 0.164 e. The van der Waals surface area contributed by atoms with E-state index in [1.165, 1.54) is 0 Å². The average molecular weight is 157 g/mol. The highest BCUT2D eigenvalue weighted by atomic mass is 16.1. The van der Waals surface area contributed by atoms with E-state index in [9.17, 15) is 4.79 Å². The molecule has 2 rings (SSSR count). The highest BCUT2D eigenvalue weighted by Crippen LogP contribution is 2.24. The van der Waals surface area contributed by atoms with Crippen LogP contribution in [0.15, 0.2) is 18.2 Å². The van der Waals surface area contributed by atoms with Crippen LogP contribution in [0.5, 0.6) is 0 Å². The summed E-state index contributed by atoms with van der Waals surface area (Å²) in [5.74, 6) is 0.113. The number of nitrogens with zero attached hydrogens (tertiary/aromatic N) is 1. The molecule has 1 aliphatic carbocycles. The van der Waals surface area contributed by atoms with Gasteiger partial charge in [-0.2, -0.15) is 5.26 Å². The second kappa shape index (κ2) is 2.46. The Kier molecular flexibility index (Phi) is 1.44. The van der Waals surface area contributed by atoms with Gasteiger partial charge in [-0.3, -0.25) is 4.79 Å². The maximum atomic E-state index is 11.3. The number of Topliss-reactive ketones (excluding diaryl/α,β-unsaturated/α-hetero) is 1. The number of rotatable bonds is 0. The predicted molar refractivity (Wildman–Crippen MR) is 43.8 cm³/mol. The van der Waals surface area contributed by atoms with Crippen LogP contribution in [0.4, 0.5) is 0 Å². The molecular formula is C10H7NO. The molecule has 1 aromatic carbocycles. The quantitative estimate of drug-likeness (QED) is 0.575. The number of hydrogen-bond donors (Lipinski definition) is 0. The fourth-order valence-electron chi connectivity index (χ4n) is 1.60. The summed E-state index contributed by atoms with van der Waals surface area (Å²) in [4.78, 5) is 11.3. The van der Waals surface area contributed by atoms with E-state index in [0.29, 0.717) is 17.5 Å². The number of nitriles is 1. The standard InChI is InChI=1S/C10H7NO/c11-6-8-3-1-2-7-4-5-9(12)10(7)8/h1-3H,4-5H2. The van der Waals surface area contributed by atoms with Gasteiger partial charge in [0.15, 0.2) is 5.78 Å².